The van der Waals surface area contributed by atoms with Gasteiger partial charge >= 0.3 is 0 Å². The third-order valence-corrected chi connectivity index (χ3v) is 2.46. The van der Waals surface area contributed by atoms with Gasteiger partial charge in [-0.1, -0.05) is 11.6 Å². The first kappa shape index (κ1) is 12.3. The molecule has 2 aromatic rings. The lowest BCUT2D eigenvalue weighted by Gasteiger charge is -2.06. The molecule has 90 valence electrons. The topological polar surface area (TPSA) is 45.9 Å². The molecular weight excluding hydrogens is 255 g/mol. The van der Waals surface area contributed by atoms with Crippen LogP contribution in [0.4, 0.5) is 4.39 Å². The number of benzene rings is 1. The highest BCUT2D eigenvalue weighted by atomic mass is 35.5. The zero-order chi connectivity index (χ0) is 13.0. The molecule has 1 heterocycles. The molecule has 0 aliphatic heterocycles. The van der Waals surface area contributed by atoms with Crippen LogP contribution in [0.2, 0.25) is 5.15 Å². The van der Waals surface area contributed by atoms with Crippen LogP contribution in [0.25, 0.3) is 0 Å². The number of nitrogens with zero attached hydrogens (tertiary/aromatic N) is 2. The predicted molar refractivity (Wildman–Crippen MR) is 64.7 cm³/mol. The van der Waals surface area contributed by atoms with E-state index >= 15 is 0 Å². The Morgan fingerprint density at radius 1 is 1.33 bits per heavy atom. The van der Waals surface area contributed by atoms with E-state index in [1.54, 1.807) is 30.5 Å². The van der Waals surface area contributed by atoms with Crippen LogP contribution in [0.3, 0.4) is 0 Å². The molecule has 0 fully saturated rings. The van der Waals surface area contributed by atoms with Crippen molar-refractivity contribution in [3.05, 3.63) is 58.6 Å². The van der Waals surface area contributed by atoms with Gasteiger partial charge in [0, 0.05) is 12.3 Å². The van der Waals surface area contributed by atoms with E-state index in [0.717, 1.165) is 5.56 Å². The van der Waals surface area contributed by atoms with E-state index in [1.807, 2.05) is 0 Å². The smallest absolute Gasteiger partial charge is 0.144 e. The van der Waals surface area contributed by atoms with Crippen LogP contribution in [0.5, 0.6) is 5.75 Å². The Hall–Kier alpha value is -2.12. The summed E-state index contributed by atoms with van der Waals surface area (Å²) >= 11 is 5.73. The van der Waals surface area contributed by atoms with Gasteiger partial charge in [0.25, 0.3) is 0 Å². The second kappa shape index (κ2) is 5.48. The van der Waals surface area contributed by atoms with Crippen molar-refractivity contribution in [2.75, 3.05) is 0 Å². The van der Waals surface area contributed by atoms with E-state index in [-0.39, 0.29) is 12.2 Å². The average molecular weight is 263 g/mol. The maximum Gasteiger partial charge on any atom is 0.144 e. The highest BCUT2D eigenvalue weighted by Crippen LogP contribution is 2.17. The van der Waals surface area contributed by atoms with Crippen LogP contribution in [0.15, 0.2) is 36.5 Å². The zero-order valence-electron chi connectivity index (χ0n) is 9.23. The monoisotopic (exact) mass is 262 g/mol. The van der Waals surface area contributed by atoms with Crippen molar-refractivity contribution in [3.8, 4) is 11.8 Å². The molecule has 1 aromatic carbocycles. The third kappa shape index (κ3) is 2.96. The number of rotatable bonds is 3. The van der Waals surface area contributed by atoms with Crippen molar-refractivity contribution in [1.82, 2.24) is 4.98 Å². The molecule has 0 saturated heterocycles. The highest BCUT2D eigenvalue weighted by Gasteiger charge is 2.04. The molecule has 0 unspecified atom stereocenters. The highest BCUT2D eigenvalue weighted by molar-refractivity contribution is 6.29. The number of pyridine rings is 1. The Balaban J connectivity index is 2.07. The summed E-state index contributed by atoms with van der Waals surface area (Å²) in [7, 11) is 0. The van der Waals surface area contributed by atoms with E-state index in [9.17, 15) is 4.39 Å². The van der Waals surface area contributed by atoms with Gasteiger partial charge in [0.1, 0.15) is 29.4 Å². The van der Waals surface area contributed by atoms with Gasteiger partial charge in [-0.25, -0.2) is 9.37 Å². The Morgan fingerprint density at radius 2 is 2.17 bits per heavy atom. The average Bonchev–Trinajstić information content (AvgIpc) is 2.37. The molecule has 0 spiro atoms. The second-order valence-electron chi connectivity index (χ2n) is 3.53. The normalized spacial score (nSPS) is 9.83. The number of nitriles is 1. The molecule has 0 bridgehead atoms. The van der Waals surface area contributed by atoms with E-state index in [2.05, 4.69) is 4.98 Å². The third-order valence-electron chi connectivity index (χ3n) is 2.26. The first-order valence-electron chi connectivity index (χ1n) is 5.12. The van der Waals surface area contributed by atoms with Crippen molar-refractivity contribution < 1.29 is 9.13 Å². The van der Waals surface area contributed by atoms with Gasteiger partial charge in [-0.05, 0) is 29.8 Å². The van der Waals surface area contributed by atoms with Gasteiger partial charge in [0.2, 0.25) is 0 Å². The minimum Gasteiger partial charge on any atom is -0.489 e. The fourth-order valence-corrected chi connectivity index (χ4v) is 1.57. The maximum atomic E-state index is 13.3. The molecule has 0 atom stereocenters. The molecule has 0 N–H and O–H groups in total. The van der Waals surface area contributed by atoms with Crippen molar-refractivity contribution in [2.24, 2.45) is 0 Å². The minimum absolute atomic E-state index is 0.00527. The van der Waals surface area contributed by atoms with Crippen LogP contribution < -0.4 is 4.74 Å². The molecule has 5 heteroatoms. The molecule has 1 aromatic heterocycles. The van der Waals surface area contributed by atoms with Gasteiger partial charge in [-0.15, -0.1) is 0 Å². The standard InChI is InChI=1S/C13H8ClFN2O/c14-13-5-9(3-4-17-13)8-18-11-2-1-10(7-16)12(15)6-11/h1-6H,8H2. The van der Waals surface area contributed by atoms with Crippen molar-refractivity contribution in [2.45, 2.75) is 6.61 Å². The summed E-state index contributed by atoms with van der Waals surface area (Å²) in [6, 6.07) is 9.28. The summed E-state index contributed by atoms with van der Waals surface area (Å²) in [6.07, 6.45) is 1.57. The van der Waals surface area contributed by atoms with Crippen molar-refractivity contribution in [3.63, 3.8) is 0 Å². The van der Waals surface area contributed by atoms with Crippen LogP contribution in [-0.2, 0) is 6.61 Å². The fraction of sp³-hybridized carbons (Fsp3) is 0.0769. The van der Waals surface area contributed by atoms with E-state index < -0.39 is 5.82 Å². The SMILES string of the molecule is N#Cc1ccc(OCc2ccnc(Cl)c2)cc1F. The Labute approximate surface area is 108 Å². The number of aromatic nitrogens is 1. The van der Waals surface area contributed by atoms with Crippen LogP contribution in [-0.4, -0.2) is 4.98 Å². The lowest BCUT2D eigenvalue weighted by molar-refractivity contribution is 0.304. The van der Waals surface area contributed by atoms with E-state index in [0.29, 0.717) is 10.9 Å². The lowest BCUT2D eigenvalue weighted by atomic mass is 10.2. The van der Waals surface area contributed by atoms with E-state index in [1.165, 1.54) is 12.1 Å². The number of hydrogen-bond acceptors (Lipinski definition) is 3. The molecule has 0 amide bonds. The summed E-state index contributed by atoms with van der Waals surface area (Å²) in [5.41, 5.74) is 0.828. The molecule has 2 rings (SSSR count). The lowest BCUT2D eigenvalue weighted by Crippen LogP contribution is -1.96. The molecule has 0 saturated carbocycles. The molecule has 3 nitrogen and oxygen atoms in total. The summed E-state index contributed by atoms with van der Waals surface area (Å²) in [4.78, 5) is 3.85. The number of ether oxygens (including phenoxy) is 1. The minimum atomic E-state index is -0.595. The Kier molecular flexibility index (Phi) is 3.75. The van der Waals surface area contributed by atoms with Crippen LogP contribution in [0.1, 0.15) is 11.1 Å². The molecule has 0 aliphatic rings. The summed E-state index contributed by atoms with van der Waals surface area (Å²) < 4.78 is 18.7. The Morgan fingerprint density at radius 3 is 2.83 bits per heavy atom. The van der Waals surface area contributed by atoms with Gasteiger partial charge in [0.15, 0.2) is 0 Å². The van der Waals surface area contributed by atoms with Crippen LogP contribution >= 0.6 is 11.6 Å². The maximum absolute atomic E-state index is 13.3. The first-order chi connectivity index (χ1) is 8.69. The van der Waals surface area contributed by atoms with Gasteiger partial charge < -0.3 is 4.74 Å². The fourth-order valence-electron chi connectivity index (χ4n) is 1.38. The van der Waals surface area contributed by atoms with Gasteiger partial charge in [-0.2, -0.15) is 5.26 Å². The molecule has 18 heavy (non-hydrogen) atoms. The largest absolute Gasteiger partial charge is 0.489 e. The first-order valence-corrected chi connectivity index (χ1v) is 5.50. The van der Waals surface area contributed by atoms with Crippen molar-refractivity contribution >= 4 is 11.6 Å². The van der Waals surface area contributed by atoms with E-state index in [4.69, 9.17) is 21.6 Å². The van der Waals surface area contributed by atoms with Crippen LogP contribution in [0, 0.1) is 17.1 Å². The Bertz CT molecular complexity index is 610. The summed E-state index contributed by atoms with van der Waals surface area (Å²) in [6.45, 7) is 0.258. The second-order valence-corrected chi connectivity index (χ2v) is 3.92. The molecule has 0 radical (unpaired) electrons. The zero-order valence-corrected chi connectivity index (χ0v) is 9.99. The molecule has 0 aliphatic carbocycles. The summed E-state index contributed by atoms with van der Waals surface area (Å²) in [5.74, 6) is -0.234. The number of halogens is 2. The quantitative estimate of drug-likeness (QED) is 0.797. The summed E-state index contributed by atoms with van der Waals surface area (Å²) in [5, 5.41) is 8.97. The predicted octanol–water partition coefficient (Wildman–Crippen LogP) is 3.32. The number of hydrogen-bond donors (Lipinski definition) is 0. The molecular formula is C13H8ClFN2O. The van der Waals surface area contributed by atoms with Gasteiger partial charge in [-0.3, -0.25) is 0 Å². The van der Waals surface area contributed by atoms with Crippen molar-refractivity contribution in [1.29, 1.82) is 5.26 Å². The van der Waals surface area contributed by atoms with Gasteiger partial charge in [0.05, 0.1) is 5.56 Å².